The third-order valence-electron chi connectivity index (χ3n) is 4.33. The largest absolute Gasteiger partial charge is 0.505 e. The molecule has 0 atom stereocenters. The molecule has 0 saturated heterocycles. The highest BCUT2D eigenvalue weighted by molar-refractivity contribution is 6.42. The average molecular weight is 451 g/mol. The molecule has 10 heteroatoms. The zero-order chi connectivity index (χ0) is 21.6. The number of aromatic hydroxyl groups is 2. The van der Waals surface area contributed by atoms with Crippen LogP contribution in [-0.4, -0.2) is 16.4 Å². The number of phenolic OH excluding ortho intramolecular Hbond substituents is 2. The highest BCUT2D eigenvalue weighted by Gasteiger charge is 2.22. The summed E-state index contributed by atoms with van der Waals surface area (Å²) in [6, 6.07) is 7.51. The number of halogens is 4. The molecule has 3 N–H and O–H groups in total. The van der Waals surface area contributed by atoms with Crippen LogP contribution in [0.3, 0.4) is 0 Å². The van der Waals surface area contributed by atoms with Gasteiger partial charge in [0, 0.05) is 11.6 Å². The fourth-order valence-corrected chi connectivity index (χ4v) is 3.35. The van der Waals surface area contributed by atoms with Crippen LogP contribution in [0.4, 0.5) is 14.5 Å². The SMILES string of the molecule is O=c1c2cccc(/C=N/Nc3ccc(F)cc3F)c2oc2c(Cl)c(O)c(Cl)c(O)c12. The lowest BCUT2D eigenvalue weighted by Gasteiger charge is -2.09. The van der Waals surface area contributed by atoms with E-state index in [1.807, 2.05) is 0 Å². The number of hydrogen-bond acceptors (Lipinski definition) is 6. The first-order valence-electron chi connectivity index (χ1n) is 8.32. The van der Waals surface area contributed by atoms with E-state index < -0.39 is 33.6 Å². The van der Waals surface area contributed by atoms with E-state index in [0.29, 0.717) is 11.6 Å². The van der Waals surface area contributed by atoms with Crippen molar-refractivity contribution in [3.05, 3.63) is 73.9 Å². The molecular formula is C20H10Cl2F2N2O4. The van der Waals surface area contributed by atoms with Crippen LogP contribution in [0.1, 0.15) is 5.56 Å². The van der Waals surface area contributed by atoms with Crippen LogP contribution >= 0.6 is 23.2 Å². The lowest BCUT2D eigenvalue weighted by Crippen LogP contribution is -2.04. The molecule has 6 nitrogen and oxygen atoms in total. The van der Waals surface area contributed by atoms with Gasteiger partial charge < -0.3 is 14.6 Å². The first-order valence-corrected chi connectivity index (χ1v) is 9.07. The number of hydrazone groups is 1. The number of fused-ring (bicyclic) bond motifs is 2. The molecule has 30 heavy (non-hydrogen) atoms. The maximum absolute atomic E-state index is 13.7. The minimum atomic E-state index is -0.836. The Morgan fingerprint density at radius 3 is 2.53 bits per heavy atom. The zero-order valence-corrected chi connectivity index (χ0v) is 16.2. The molecule has 3 aromatic carbocycles. The highest BCUT2D eigenvalue weighted by atomic mass is 35.5. The molecule has 1 aromatic heterocycles. The second kappa shape index (κ2) is 7.47. The van der Waals surface area contributed by atoms with Gasteiger partial charge in [-0.3, -0.25) is 10.2 Å². The molecule has 4 rings (SSSR count). The summed E-state index contributed by atoms with van der Waals surface area (Å²) in [6.07, 6.45) is 1.25. The van der Waals surface area contributed by atoms with Crippen LogP contribution < -0.4 is 10.9 Å². The Hall–Kier alpha value is -3.36. The third-order valence-corrected chi connectivity index (χ3v) is 5.04. The molecule has 4 aromatic rings. The van der Waals surface area contributed by atoms with Gasteiger partial charge in [-0.25, -0.2) is 8.78 Å². The van der Waals surface area contributed by atoms with Gasteiger partial charge >= 0.3 is 0 Å². The topological polar surface area (TPSA) is 95.1 Å². The molecular weight excluding hydrogens is 441 g/mol. The molecule has 0 bridgehead atoms. The predicted octanol–water partition coefficient (Wildman–Crippen LogP) is 5.39. The molecule has 1 heterocycles. The van der Waals surface area contributed by atoms with Crippen LogP contribution in [0.15, 0.2) is 50.7 Å². The van der Waals surface area contributed by atoms with Crippen LogP contribution in [-0.2, 0) is 0 Å². The summed E-state index contributed by atoms with van der Waals surface area (Å²) in [5, 5.41) is 23.0. The molecule has 152 valence electrons. The number of nitrogens with one attached hydrogen (secondary N) is 1. The van der Waals surface area contributed by atoms with Gasteiger partial charge in [-0.1, -0.05) is 29.3 Å². The third kappa shape index (κ3) is 3.20. The Morgan fingerprint density at radius 1 is 1.03 bits per heavy atom. The summed E-state index contributed by atoms with van der Waals surface area (Å²) in [5.74, 6) is -2.85. The van der Waals surface area contributed by atoms with E-state index in [1.165, 1.54) is 18.3 Å². The lowest BCUT2D eigenvalue weighted by atomic mass is 10.1. The molecule has 0 aliphatic rings. The Bertz CT molecular complexity index is 1420. The summed E-state index contributed by atoms with van der Waals surface area (Å²) >= 11 is 11.9. The van der Waals surface area contributed by atoms with Crippen LogP contribution in [0, 0.1) is 11.6 Å². The number of anilines is 1. The van der Waals surface area contributed by atoms with E-state index in [0.717, 1.165) is 6.07 Å². The van der Waals surface area contributed by atoms with Crippen molar-refractivity contribution in [2.75, 3.05) is 5.43 Å². The molecule has 0 aliphatic carbocycles. The van der Waals surface area contributed by atoms with Gasteiger partial charge in [-0.05, 0) is 24.3 Å². The van der Waals surface area contributed by atoms with Gasteiger partial charge in [0.15, 0.2) is 22.9 Å². The monoisotopic (exact) mass is 450 g/mol. The van der Waals surface area contributed by atoms with Gasteiger partial charge in [0.1, 0.15) is 26.8 Å². The van der Waals surface area contributed by atoms with E-state index in [-0.39, 0.29) is 32.6 Å². The van der Waals surface area contributed by atoms with E-state index in [2.05, 4.69) is 10.5 Å². The molecule has 0 aliphatic heterocycles. The van der Waals surface area contributed by atoms with Crippen molar-refractivity contribution in [3.63, 3.8) is 0 Å². The molecule has 0 radical (unpaired) electrons. The lowest BCUT2D eigenvalue weighted by molar-refractivity contribution is 0.453. The summed E-state index contributed by atoms with van der Waals surface area (Å²) in [6.45, 7) is 0. The van der Waals surface area contributed by atoms with Gasteiger partial charge in [0.2, 0.25) is 5.43 Å². The Kier molecular flexibility index (Phi) is 4.97. The van der Waals surface area contributed by atoms with Crippen molar-refractivity contribution in [1.29, 1.82) is 0 Å². The molecule has 0 fully saturated rings. The quantitative estimate of drug-likeness (QED) is 0.221. The Balaban J connectivity index is 1.86. The second-order valence-corrected chi connectivity index (χ2v) is 6.93. The number of nitrogens with zero attached hydrogens (tertiary/aromatic N) is 1. The number of benzene rings is 3. The predicted molar refractivity (Wildman–Crippen MR) is 111 cm³/mol. The van der Waals surface area contributed by atoms with Crippen molar-refractivity contribution in [1.82, 2.24) is 0 Å². The Morgan fingerprint density at radius 2 is 1.80 bits per heavy atom. The van der Waals surface area contributed by atoms with E-state index in [4.69, 9.17) is 27.6 Å². The first-order chi connectivity index (χ1) is 14.3. The molecule has 0 amide bonds. The highest BCUT2D eigenvalue weighted by Crippen LogP contribution is 2.45. The van der Waals surface area contributed by atoms with Crippen molar-refractivity contribution >= 4 is 57.0 Å². The van der Waals surface area contributed by atoms with Gasteiger partial charge in [-0.15, -0.1) is 0 Å². The number of rotatable bonds is 3. The fraction of sp³-hybridized carbons (Fsp3) is 0. The van der Waals surface area contributed by atoms with Crippen LogP contribution in [0.5, 0.6) is 11.5 Å². The van der Waals surface area contributed by atoms with Crippen LogP contribution in [0.2, 0.25) is 10.0 Å². The standard InChI is InChI=1S/C20H10Cl2F2N2O4/c21-14-17(28)13-16(27)10-3-1-2-8(19(10)30-20(13)15(22)18(14)29)7-25-26-12-5-4-9(23)6-11(12)24/h1-7,26,28-29H/b25-7+. The first kappa shape index (κ1) is 19.9. The second-order valence-electron chi connectivity index (χ2n) is 6.18. The van der Waals surface area contributed by atoms with Crippen LogP contribution in [0.25, 0.3) is 21.9 Å². The Labute approximate surface area is 176 Å². The van der Waals surface area contributed by atoms with Gasteiger partial charge in [-0.2, -0.15) is 5.10 Å². The number of hydrogen-bond donors (Lipinski definition) is 3. The molecule has 0 saturated carbocycles. The fourth-order valence-electron chi connectivity index (χ4n) is 2.89. The van der Waals surface area contributed by atoms with Crippen molar-refractivity contribution in [2.45, 2.75) is 0 Å². The molecule has 0 spiro atoms. The van der Waals surface area contributed by atoms with Crippen molar-refractivity contribution in [2.24, 2.45) is 5.10 Å². The van der Waals surface area contributed by atoms with Gasteiger partial charge in [0.05, 0.1) is 17.3 Å². The summed E-state index contributed by atoms with van der Waals surface area (Å²) in [7, 11) is 0. The van der Waals surface area contributed by atoms with E-state index >= 15 is 0 Å². The maximum Gasteiger partial charge on any atom is 0.204 e. The van der Waals surface area contributed by atoms with E-state index in [1.54, 1.807) is 12.1 Å². The minimum Gasteiger partial charge on any atom is -0.505 e. The minimum absolute atomic E-state index is 0.0585. The zero-order valence-electron chi connectivity index (χ0n) is 14.7. The smallest absolute Gasteiger partial charge is 0.204 e. The van der Waals surface area contributed by atoms with Gasteiger partial charge in [0.25, 0.3) is 0 Å². The average Bonchev–Trinajstić information content (AvgIpc) is 2.72. The van der Waals surface area contributed by atoms with E-state index in [9.17, 15) is 23.8 Å². The number of para-hydroxylation sites is 1. The van der Waals surface area contributed by atoms with Crippen molar-refractivity contribution in [3.8, 4) is 11.5 Å². The summed E-state index contributed by atoms with van der Waals surface area (Å²) < 4.78 is 32.4. The van der Waals surface area contributed by atoms with Crippen molar-refractivity contribution < 1.29 is 23.4 Å². The molecule has 0 unspecified atom stereocenters. The summed E-state index contributed by atoms with van der Waals surface area (Å²) in [4.78, 5) is 12.9. The maximum atomic E-state index is 13.7. The summed E-state index contributed by atoms with van der Waals surface area (Å²) in [5.41, 5.74) is 1.85. The number of phenols is 2. The normalized spacial score (nSPS) is 11.6.